The van der Waals surface area contributed by atoms with Crippen LogP contribution in [0.3, 0.4) is 0 Å². The summed E-state index contributed by atoms with van der Waals surface area (Å²) in [7, 11) is 0. The minimum absolute atomic E-state index is 0.0566. The molecule has 0 aliphatic rings. The molecule has 1 aromatic rings. The van der Waals surface area contributed by atoms with Crippen molar-refractivity contribution in [3.8, 4) is 0 Å². The maximum Gasteiger partial charge on any atom is 0.243 e. The fourth-order valence-corrected chi connectivity index (χ4v) is 10.1. The number of nitrogens with two attached hydrogens (primary N) is 4. The zero-order valence-corrected chi connectivity index (χ0v) is 59.2. The minimum Gasteiger partial charge on any atom is -0.370 e. The number of unbranched alkanes of at least 4 members (excludes halogenated alkanes) is 1. The summed E-state index contributed by atoms with van der Waals surface area (Å²) < 4.78 is 0. The van der Waals surface area contributed by atoms with E-state index in [-0.39, 0.29) is 62.4 Å². The Morgan fingerprint density at radius 1 is 0.417 bits per heavy atom. The maximum absolute atomic E-state index is 14.4. The molecule has 0 fully saturated rings. The van der Waals surface area contributed by atoms with Crippen molar-refractivity contribution in [1.82, 2.24) is 63.8 Å². The summed E-state index contributed by atoms with van der Waals surface area (Å²) in [5, 5.41) is 32.1. The largest absolute Gasteiger partial charge is 0.370 e. The highest BCUT2D eigenvalue weighted by Crippen LogP contribution is 2.16. The molecule has 30 nitrogen and oxygen atoms in total. The van der Waals surface area contributed by atoms with E-state index < -0.39 is 174 Å². The zero-order chi connectivity index (χ0) is 73.1. The van der Waals surface area contributed by atoms with Gasteiger partial charge < -0.3 is 86.7 Å². The van der Waals surface area contributed by atoms with Crippen LogP contribution in [0.15, 0.2) is 35.3 Å². The number of nitrogens with one attached hydrogen (secondary N) is 12. The zero-order valence-electron chi connectivity index (χ0n) is 59.2. The lowest BCUT2D eigenvalue weighted by molar-refractivity contribution is -0.136. The summed E-state index contributed by atoms with van der Waals surface area (Å²) in [6.07, 6.45) is 2.52. The third-order valence-electron chi connectivity index (χ3n) is 16.1. The molecule has 0 saturated heterocycles. The number of primary amides is 1. The van der Waals surface area contributed by atoms with Gasteiger partial charge in [0.1, 0.15) is 60.4 Å². The second-order valence-corrected chi connectivity index (χ2v) is 26.6. The van der Waals surface area contributed by atoms with Gasteiger partial charge in [-0.3, -0.25) is 67.3 Å². The van der Waals surface area contributed by atoms with Gasteiger partial charge in [0, 0.05) is 19.9 Å². The van der Waals surface area contributed by atoms with Crippen LogP contribution in [-0.4, -0.2) is 169 Å². The molecule has 30 heteroatoms. The number of hydrogen-bond donors (Lipinski definition) is 16. The van der Waals surface area contributed by atoms with Crippen molar-refractivity contribution in [1.29, 1.82) is 0 Å². The first-order valence-corrected chi connectivity index (χ1v) is 33.6. The molecule has 0 spiro atoms. The molecule has 1 rings (SSSR count). The van der Waals surface area contributed by atoms with E-state index in [1.54, 1.807) is 92.6 Å². The smallest absolute Gasteiger partial charge is 0.243 e. The number of carbonyl (C=O) groups is 13. The van der Waals surface area contributed by atoms with Crippen LogP contribution in [-0.2, 0) is 68.7 Å². The maximum atomic E-state index is 14.4. The van der Waals surface area contributed by atoms with Gasteiger partial charge in [0.25, 0.3) is 0 Å². The van der Waals surface area contributed by atoms with Crippen LogP contribution >= 0.6 is 0 Å². The van der Waals surface area contributed by atoms with E-state index in [2.05, 4.69) is 68.8 Å². The van der Waals surface area contributed by atoms with Crippen LogP contribution in [0.4, 0.5) is 0 Å². The highest BCUT2D eigenvalue weighted by molar-refractivity contribution is 5.99. The first kappa shape index (κ1) is 85.6. The average Bonchev–Trinajstić information content (AvgIpc) is 1.13. The van der Waals surface area contributed by atoms with Gasteiger partial charge in [0.15, 0.2) is 5.96 Å². The van der Waals surface area contributed by atoms with Crippen molar-refractivity contribution >= 4 is 82.8 Å². The van der Waals surface area contributed by atoms with E-state index in [4.69, 9.17) is 22.9 Å². The van der Waals surface area contributed by atoms with E-state index >= 15 is 0 Å². The highest BCUT2D eigenvalue weighted by atomic mass is 16.2. The number of nitrogens with zero attached hydrogens (tertiary/aromatic N) is 1. The van der Waals surface area contributed by atoms with E-state index in [0.29, 0.717) is 44.2 Å². The van der Waals surface area contributed by atoms with E-state index in [0.717, 1.165) is 0 Å². The number of hydrogen-bond acceptors (Lipinski definition) is 15. The van der Waals surface area contributed by atoms with Crippen LogP contribution in [0.1, 0.15) is 167 Å². The van der Waals surface area contributed by atoms with E-state index in [1.165, 1.54) is 6.92 Å². The Bertz CT molecular complexity index is 2740. The quantitative estimate of drug-likeness (QED) is 0.0215. The van der Waals surface area contributed by atoms with Crippen LogP contribution in [0.5, 0.6) is 0 Å². The molecular weight excluding hydrogens is 1240 g/mol. The Balaban J connectivity index is 3.38. The summed E-state index contributed by atoms with van der Waals surface area (Å²) in [6, 6.07) is -3.05. The van der Waals surface area contributed by atoms with Crippen molar-refractivity contribution in [2.24, 2.45) is 69.4 Å². The lowest BCUT2D eigenvalue weighted by Gasteiger charge is -2.30. The molecule has 0 aliphatic carbocycles. The Morgan fingerprint density at radius 3 is 1.24 bits per heavy atom. The van der Waals surface area contributed by atoms with Gasteiger partial charge in [0.05, 0.1) is 13.1 Å². The summed E-state index contributed by atoms with van der Waals surface area (Å²) in [6.45, 7) is 25.0. The van der Waals surface area contributed by atoms with Crippen molar-refractivity contribution in [3.63, 3.8) is 0 Å². The van der Waals surface area contributed by atoms with Crippen LogP contribution in [0.25, 0.3) is 0 Å². The molecule has 0 saturated carbocycles. The summed E-state index contributed by atoms with van der Waals surface area (Å²) in [4.78, 5) is 181. The molecule has 0 aliphatic heterocycles. The Hall–Kier alpha value is -8.44. The molecular formula is C66H115N17O13. The molecule has 0 bridgehead atoms. The molecule has 0 heterocycles. The van der Waals surface area contributed by atoms with Gasteiger partial charge in [-0.2, -0.15) is 0 Å². The Kier molecular flexibility index (Phi) is 39.5. The molecule has 12 atom stereocenters. The van der Waals surface area contributed by atoms with Crippen molar-refractivity contribution in [3.05, 3.63) is 35.9 Å². The fraction of sp³-hybridized carbons (Fsp3) is 0.697. The fourth-order valence-electron chi connectivity index (χ4n) is 10.1. The second kappa shape index (κ2) is 44.3. The number of carbonyl (C=O) groups excluding carboxylic acids is 13. The summed E-state index contributed by atoms with van der Waals surface area (Å²) >= 11 is 0. The first-order chi connectivity index (χ1) is 45.0. The summed E-state index contributed by atoms with van der Waals surface area (Å²) in [5.74, 6) is -12.0. The van der Waals surface area contributed by atoms with Gasteiger partial charge in [0.2, 0.25) is 76.8 Å². The number of rotatable bonds is 45. The SMILES string of the molecule is CC[C@H](C)[C@H](NC(=O)CNC(=O)[C@H](Cc1ccccc1)NC(=O)[C@@H](NC(=O)[C@@H](NC(=O)CNC(=O)[C@H](CC(C)C)NC(=O)[C@@H](NC(C)=O)C(C)C)C(C)C)C(C)C)C(=O)N[C@@H](CC(C)C)C(=O)N[C@H](C(=O)N[C@@H](CCCCN)C(=O)N[C@@H](CCCN=C(N)N)C(N)=O)[C@@H](C)CC. The number of aliphatic imine (C=N–C) groups is 1. The number of amides is 13. The molecule has 0 radical (unpaired) electrons. The molecule has 20 N–H and O–H groups in total. The molecule has 96 heavy (non-hydrogen) atoms. The van der Waals surface area contributed by atoms with Gasteiger partial charge in [-0.05, 0) is 98.5 Å². The van der Waals surface area contributed by atoms with Crippen LogP contribution < -0.4 is 86.7 Å². The topological polar surface area (TPSA) is 483 Å². The van der Waals surface area contributed by atoms with Gasteiger partial charge >= 0.3 is 0 Å². The van der Waals surface area contributed by atoms with Gasteiger partial charge in [-0.1, -0.05) is 140 Å². The predicted molar refractivity (Wildman–Crippen MR) is 365 cm³/mol. The molecule has 0 aromatic heterocycles. The molecule has 1 aromatic carbocycles. The van der Waals surface area contributed by atoms with Crippen molar-refractivity contribution < 1.29 is 62.3 Å². The van der Waals surface area contributed by atoms with Gasteiger partial charge in [-0.25, -0.2) is 0 Å². The third-order valence-corrected chi connectivity index (χ3v) is 16.1. The normalized spacial score (nSPS) is 15.1. The summed E-state index contributed by atoms with van der Waals surface area (Å²) in [5.41, 5.74) is 22.8. The van der Waals surface area contributed by atoms with Crippen LogP contribution in [0, 0.1) is 41.4 Å². The molecule has 13 amide bonds. The standard InChI is InChI=1S/C66H115N17O13/c1-16-40(13)54(64(95)78-47(31-36(5)6)60(91)83-55(41(14)17-2)65(96)76-45(26-21-22-28-67)59(90)75-44(56(68)87)27-23-29-71-66(69)70)81-50(86)34-73-58(89)48(32-43-24-19-18-20-25-43)79-62(93)53(39(11)12)82-63(94)52(38(9)10)80-49(85)33-72-57(88)46(30-35(3)4)77-61(92)51(37(7)8)74-42(15)84/h18-20,24-25,35-41,44-48,51-55H,16-17,21-23,26-34,67H2,1-15H3,(H2,68,87)(H,72,88)(H,73,89)(H,74,84)(H,75,90)(H,76,96)(H,77,92)(H,78,95)(H,79,93)(H,80,85)(H,81,86)(H,82,94)(H,83,91)(H4,69,70,71)/t40-,41-,44-,45-,46-,47-,48-,51-,52-,53-,54-,55-/m0/s1. The number of benzene rings is 1. The van der Waals surface area contributed by atoms with Crippen molar-refractivity contribution in [2.45, 2.75) is 228 Å². The molecule has 542 valence electrons. The predicted octanol–water partition coefficient (Wildman–Crippen LogP) is -0.850. The van der Waals surface area contributed by atoms with E-state index in [1.807, 2.05) is 34.6 Å². The van der Waals surface area contributed by atoms with Crippen LogP contribution in [0.2, 0.25) is 0 Å². The molecule has 0 unspecified atom stereocenters. The third kappa shape index (κ3) is 32.3. The minimum atomic E-state index is -1.32. The lowest BCUT2D eigenvalue weighted by Crippen LogP contribution is -2.61. The van der Waals surface area contributed by atoms with Gasteiger partial charge in [-0.15, -0.1) is 0 Å². The van der Waals surface area contributed by atoms with E-state index in [9.17, 15) is 62.3 Å². The lowest BCUT2D eigenvalue weighted by atomic mass is 9.95. The Morgan fingerprint density at radius 2 is 0.792 bits per heavy atom. The second-order valence-electron chi connectivity index (χ2n) is 26.6. The first-order valence-electron chi connectivity index (χ1n) is 33.6. The monoisotopic (exact) mass is 1350 g/mol. The Labute approximate surface area is 566 Å². The average molecular weight is 1350 g/mol. The number of guanidine groups is 1. The highest BCUT2D eigenvalue weighted by Gasteiger charge is 2.38. The van der Waals surface area contributed by atoms with Crippen molar-refractivity contribution in [2.75, 3.05) is 26.2 Å².